The molecule has 0 radical (unpaired) electrons. The molecule has 12 heteroatoms. The van der Waals surface area contributed by atoms with Crippen molar-refractivity contribution in [2.24, 2.45) is 5.92 Å². The summed E-state index contributed by atoms with van der Waals surface area (Å²) in [5.74, 6) is -0.765. The number of benzene rings is 3. The number of halogens is 3. The maximum absolute atomic E-state index is 13.2. The number of likely N-dealkylation sites (tertiary alicyclic amines) is 1. The number of nitrogens with one attached hydrogen (secondary N) is 3. The number of hydrogen-bond acceptors (Lipinski definition) is 7. The Morgan fingerprint density at radius 2 is 1.73 bits per heavy atom. The summed E-state index contributed by atoms with van der Waals surface area (Å²) in [6, 6.07) is 20.5. The van der Waals surface area contributed by atoms with Crippen molar-refractivity contribution in [1.82, 2.24) is 20.9 Å². The number of piperidine rings is 2. The van der Waals surface area contributed by atoms with Crippen molar-refractivity contribution in [2.75, 3.05) is 26.2 Å². The molecule has 9 nitrogen and oxygen atoms in total. The van der Waals surface area contributed by atoms with Gasteiger partial charge in [0.25, 0.3) is 5.91 Å². The molecule has 2 saturated heterocycles. The van der Waals surface area contributed by atoms with Crippen molar-refractivity contribution < 1.29 is 31.9 Å². The van der Waals surface area contributed by atoms with Crippen molar-refractivity contribution in [3.05, 3.63) is 89.2 Å². The zero-order chi connectivity index (χ0) is 33.7. The molecule has 3 N–H and O–H groups in total. The number of carbonyl (C=O) groups excluding carboxylic acids is 2. The van der Waals surface area contributed by atoms with Crippen LogP contribution < -0.4 is 20.7 Å². The lowest BCUT2D eigenvalue weighted by Gasteiger charge is -2.32. The third kappa shape index (κ3) is 8.34. The van der Waals surface area contributed by atoms with Crippen molar-refractivity contribution in [3.63, 3.8) is 0 Å². The number of nitrogens with zero attached hydrogens (tertiary/aromatic N) is 2. The summed E-state index contributed by atoms with van der Waals surface area (Å²) >= 11 is 0. The Morgan fingerprint density at radius 3 is 2.44 bits per heavy atom. The average molecular weight is 660 g/mol. The number of ether oxygens (including phenoxy) is 1. The second-order valence-corrected chi connectivity index (χ2v) is 12.3. The molecule has 1 aromatic heterocycles. The fraction of sp³-hybridized carbons (Fsp3) is 0.361. The molecule has 2 aliphatic rings. The third-order valence-corrected chi connectivity index (χ3v) is 8.94. The quantitative estimate of drug-likeness (QED) is 0.205. The van der Waals surface area contributed by atoms with Gasteiger partial charge in [-0.25, -0.2) is 0 Å². The zero-order valence-electron chi connectivity index (χ0n) is 26.2. The molecule has 0 saturated carbocycles. The number of amides is 2. The van der Waals surface area contributed by atoms with Crippen LogP contribution in [-0.2, 0) is 17.9 Å². The van der Waals surface area contributed by atoms with Crippen molar-refractivity contribution in [2.45, 2.75) is 51.2 Å². The van der Waals surface area contributed by atoms with Gasteiger partial charge < -0.3 is 25.1 Å². The minimum absolute atomic E-state index is 0.0162. The molecule has 4 aromatic rings. The number of furan rings is 1. The molecular formula is C36H36F3N5O4. The Balaban J connectivity index is 1.13. The maximum atomic E-state index is 13.2. The van der Waals surface area contributed by atoms with Gasteiger partial charge >= 0.3 is 6.36 Å². The monoisotopic (exact) mass is 659 g/mol. The molecule has 0 spiro atoms. The Hall–Kier alpha value is -4.86. The molecule has 0 bridgehead atoms. The predicted octanol–water partition coefficient (Wildman–Crippen LogP) is 5.88. The van der Waals surface area contributed by atoms with Crippen LogP contribution in [0.2, 0.25) is 0 Å². The van der Waals surface area contributed by atoms with Gasteiger partial charge in [-0.3, -0.25) is 14.5 Å². The molecular weight excluding hydrogens is 623 g/mol. The van der Waals surface area contributed by atoms with Crippen LogP contribution in [0.1, 0.15) is 52.9 Å². The number of alkyl halides is 3. The molecule has 48 heavy (non-hydrogen) atoms. The summed E-state index contributed by atoms with van der Waals surface area (Å²) in [6.07, 6.45) is -1.85. The van der Waals surface area contributed by atoms with E-state index in [0.717, 1.165) is 64.0 Å². The molecule has 0 unspecified atom stereocenters. The average Bonchev–Trinajstić information content (AvgIpc) is 3.52. The third-order valence-electron chi connectivity index (χ3n) is 8.94. The molecule has 6 rings (SSSR count). The van der Waals surface area contributed by atoms with Gasteiger partial charge in [-0.15, -0.1) is 13.2 Å². The summed E-state index contributed by atoms with van der Waals surface area (Å²) in [4.78, 5) is 28.3. The highest BCUT2D eigenvalue weighted by atomic mass is 19.4. The molecule has 2 fully saturated rings. The number of rotatable bonds is 9. The highest BCUT2D eigenvalue weighted by Crippen LogP contribution is 2.34. The van der Waals surface area contributed by atoms with Gasteiger partial charge in [0.2, 0.25) is 5.91 Å². The number of hydrogen-bond donors (Lipinski definition) is 3. The Morgan fingerprint density at radius 1 is 0.979 bits per heavy atom. The van der Waals surface area contributed by atoms with E-state index in [2.05, 4.69) is 31.7 Å². The van der Waals surface area contributed by atoms with E-state index >= 15 is 0 Å². The minimum Gasteiger partial charge on any atom is -0.451 e. The normalized spacial score (nSPS) is 16.4. The molecule has 3 heterocycles. The van der Waals surface area contributed by atoms with E-state index in [-0.39, 0.29) is 41.8 Å². The van der Waals surface area contributed by atoms with E-state index in [9.17, 15) is 22.8 Å². The van der Waals surface area contributed by atoms with Crippen molar-refractivity contribution >= 4 is 22.8 Å². The minimum atomic E-state index is -4.86. The molecule has 0 aliphatic carbocycles. The summed E-state index contributed by atoms with van der Waals surface area (Å²) in [7, 11) is 0. The van der Waals surface area contributed by atoms with Crippen LogP contribution in [0.25, 0.3) is 22.1 Å². The van der Waals surface area contributed by atoms with Crippen LogP contribution in [0, 0.1) is 17.2 Å². The van der Waals surface area contributed by atoms with E-state index in [1.54, 1.807) is 24.3 Å². The highest BCUT2D eigenvalue weighted by Gasteiger charge is 2.31. The van der Waals surface area contributed by atoms with Crippen LogP contribution in [-0.4, -0.2) is 55.3 Å². The first kappa shape index (κ1) is 33.1. The van der Waals surface area contributed by atoms with Gasteiger partial charge in [0, 0.05) is 43.5 Å². The van der Waals surface area contributed by atoms with Gasteiger partial charge in [0.05, 0.1) is 11.6 Å². The summed E-state index contributed by atoms with van der Waals surface area (Å²) in [5.41, 5.74) is 3.90. The fourth-order valence-corrected chi connectivity index (χ4v) is 6.34. The van der Waals surface area contributed by atoms with E-state index < -0.39 is 6.36 Å². The number of nitriles is 1. The molecule has 3 aromatic carbocycles. The molecule has 2 aliphatic heterocycles. The first-order valence-corrected chi connectivity index (χ1v) is 16.1. The lowest BCUT2D eigenvalue weighted by molar-refractivity contribution is -0.274. The van der Waals surface area contributed by atoms with Crippen LogP contribution in [0.3, 0.4) is 0 Å². The van der Waals surface area contributed by atoms with Crippen molar-refractivity contribution in [3.8, 4) is 22.9 Å². The Kier molecular flexibility index (Phi) is 9.98. The van der Waals surface area contributed by atoms with Gasteiger partial charge in [-0.2, -0.15) is 5.26 Å². The summed E-state index contributed by atoms with van der Waals surface area (Å²) in [6.45, 7) is 4.05. The lowest BCUT2D eigenvalue weighted by Crippen LogP contribution is -2.44. The largest absolute Gasteiger partial charge is 0.573 e. The fourth-order valence-electron chi connectivity index (χ4n) is 6.34. The highest BCUT2D eigenvalue weighted by molar-refractivity contribution is 5.97. The standard InChI is InChI=1S/C36H36F3N5O4/c37-36(38,39)48-30-7-5-27(21-42-34(45)25-9-13-41-14-10-25)31(19-30)26-6-8-32-28(17-26)18-33(47-32)35(46)43-29-11-15-44(16-12-29)22-24-3-1-23(20-40)2-4-24/h1-8,17-19,25,29,41H,9-16,21-22H2,(H,42,45)(H,43,46). The first-order chi connectivity index (χ1) is 23.1. The van der Waals surface area contributed by atoms with E-state index in [1.165, 1.54) is 18.2 Å². The van der Waals surface area contributed by atoms with Crippen LogP contribution in [0.15, 0.2) is 71.1 Å². The van der Waals surface area contributed by atoms with Crippen LogP contribution >= 0.6 is 0 Å². The van der Waals surface area contributed by atoms with Gasteiger partial charge in [-0.1, -0.05) is 24.3 Å². The van der Waals surface area contributed by atoms with Crippen molar-refractivity contribution in [1.29, 1.82) is 5.26 Å². The number of fused-ring (bicyclic) bond motifs is 1. The predicted molar refractivity (Wildman–Crippen MR) is 173 cm³/mol. The van der Waals surface area contributed by atoms with Crippen LogP contribution in [0.4, 0.5) is 13.2 Å². The first-order valence-electron chi connectivity index (χ1n) is 16.1. The Labute approximate surface area is 276 Å². The second-order valence-electron chi connectivity index (χ2n) is 12.3. The Bertz CT molecular complexity index is 1800. The number of carbonyl (C=O) groups is 2. The van der Waals surface area contributed by atoms with Gasteiger partial charge in [0.1, 0.15) is 11.3 Å². The molecule has 0 atom stereocenters. The second kappa shape index (κ2) is 14.5. The maximum Gasteiger partial charge on any atom is 0.573 e. The summed E-state index contributed by atoms with van der Waals surface area (Å²) in [5, 5.41) is 18.9. The smallest absolute Gasteiger partial charge is 0.451 e. The SMILES string of the molecule is N#Cc1ccc(CN2CCC(NC(=O)c3cc4cc(-c5cc(OC(F)(F)F)ccc5CNC(=O)C5CCNCC5)ccc4o3)CC2)cc1. The lowest BCUT2D eigenvalue weighted by atomic mass is 9.96. The molecule has 2 amide bonds. The van der Waals surface area contributed by atoms with E-state index in [4.69, 9.17) is 9.68 Å². The van der Waals surface area contributed by atoms with Crippen LogP contribution in [0.5, 0.6) is 5.75 Å². The zero-order valence-corrected chi connectivity index (χ0v) is 26.2. The van der Waals surface area contributed by atoms with E-state index in [0.29, 0.717) is 33.2 Å². The topological polar surface area (TPSA) is 120 Å². The van der Waals surface area contributed by atoms with E-state index in [1.807, 2.05) is 24.3 Å². The summed E-state index contributed by atoms with van der Waals surface area (Å²) < 4.78 is 49.3. The van der Waals surface area contributed by atoms with Gasteiger partial charge in [0.15, 0.2) is 5.76 Å². The molecule has 250 valence electrons. The van der Waals surface area contributed by atoms with Gasteiger partial charge in [-0.05, 0) is 103 Å².